The Balaban J connectivity index is 1.60. The van der Waals surface area contributed by atoms with Gasteiger partial charge in [0.1, 0.15) is 17.7 Å². The highest BCUT2D eigenvalue weighted by Gasteiger charge is 2.57. The van der Waals surface area contributed by atoms with Crippen LogP contribution in [0.4, 0.5) is 4.79 Å². The predicted molar refractivity (Wildman–Crippen MR) is 179 cm³/mol. The Morgan fingerprint density at radius 1 is 1.06 bits per heavy atom. The molecule has 1 fully saturated rings. The number of ketones is 2. The zero-order valence-electron chi connectivity index (χ0n) is 30.0. The van der Waals surface area contributed by atoms with Gasteiger partial charge in [0.25, 0.3) is 0 Å². The summed E-state index contributed by atoms with van der Waals surface area (Å²) in [5, 5.41) is 16.2. The third-order valence-corrected chi connectivity index (χ3v) is 10.1. The van der Waals surface area contributed by atoms with Gasteiger partial charge in [-0.05, 0) is 79.5 Å². The Bertz CT molecular complexity index is 1680. The summed E-state index contributed by atoms with van der Waals surface area (Å²) in [5.74, 6) is 0.120. The number of ether oxygens (including phenoxy) is 4. The smallest absolute Gasteiger partial charge is 0.408 e. The van der Waals surface area contributed by atoms with Crippen molar-refractivity contribution < 1.29 is 38.1 Å². The first-order valence-corrected chi connectivity index (χ1v) is 16.5. The molecule has 3 aliphatic heterocycles. The summed E-state index contributed by atoms with van der Waals surface area (Å²) < 4.78 is 22.6. The molecule has 5 rings (SSSR count). The molecule has 0 spiro atoms. The Hall–Kier alpha value is -4.25. The third-order valence-electron chi connectivity index (χ3n) is 10.1. The van der Waals surface area contributed by atoms with Gasteiger partial charge in [-0.15, -0.1) is 0 Å². The molecular formula is C36H47N5O8. The molecule has 0 aromatic heterocycles. The van der Waals surface area contributed by atoms with Crippen LogP contribution in [0, 0.1) is 18.3 Å². The number of nitrogens with one attached hydrogen (secondary N) is 2. The van der Waals surface area contributed by atoms with Crippen LogP contribution in [0.1, 0.15) is 70.7 Å². The number of allylic oxidation sites excluding steroid dienone is 2. The number of aryl methyl sites for hydroxylation is 1. The Labute approximate surface area is 287 Å². The first kappa shape index (κ1) is 36.0. The number of alkyl carbamates (subject to hydrolysis) is 1. The van der Waals surface area contributed by atoms with E-state index >= 15 is 0 Å². The van der Waals surface area contributed by atoms with Crippen LogP contribution < -0.4 is 20.1 Å². The zero-order valence-corrected chi connectivity index (χ0v) is 30.0. The number of carbonyl (C=O) groups is 4. The van der Waals surface area contributed by atoms with E-state index in [2.05, 4.69) is 27.7 Å². The molecule has 4 aliphatic rings. The summed E-state index contributed by atoms with van der Waals surface area (Å²) in [7, 11) is 5.10. The van der Waals surface area contributed by atoms with Gasteiger partial charge >= 0.3 is 6.09 Å². The number of hydrogen-bond donors (Lipinski definition) is 2. The van der Waals surface area contributed by atoms with Crippen LogP contribution in [-0.4, -0.2) is 104 Å². The molecule has 1 unspecified atom stereocenters. The minimum atomic E-state index is -0.961. The SMILES string of the molecule is COCOc1c(OC)c(C)cc2c1[C@@H]1C3CC4=C(C(=O)C(C)=C(C)C4=O)[C@H](CNC(=O)[C@H](C)NC(=O)OC(C)(C)C)N3[C@@H](C#N)[C@@H](C2)N1C. The summed E-state index contributed by atoms with van der Waals surface area (Å²) in [6.45, 7) is 11.9. The molecule has 49 heavy (non-hydrogen) atoms. The van der Waals surface area contributed by atoms with Crippen LogP contribution >= 0.6 is 0 Å². The standard InChI is InChI=1S/C36H47N5O8/c1-17-11-21-12-23-25(14-37)41-24(29(40(23)8)27(21)33(32(17)47-10)48-16-46-9)13-22-28(31(43)19(3)18(2)30(22)42)26(41)15-38-34(44)20(4)39-35(45)49-36(5,6)7/h11,20,23-26,29H,12-13,15-16H2,1-10H3,(H,38,44)(H,39,45)/t20-,23+,24?,25-,26-,29-/m0/s1. The molecule has 2 bridgehead atoms. The average molecular weight is 678 g/mol. The highest BCUT2D eigenvalue weighted by Crippen LogP contribution is 2.54. The van der Waals surface area contributed by atoms with Gasteiger partial charge in [-0.2, -0.15) is 5.26 Å². The van der Waals surface area contributed by atoms with Gasteiger partial charge in [0.2, 0.25) is 5.91 Å². The van der Waals surface area contributed by atoms with E-state index < -0.39 is 41.8 Å². The normalized spacial score (nSPS) is 25.9. The molecule has 1 aromatic rings. The van der Waals surface area contributed by atoms with Gasteiger partial charge in [0.15, 0.2) is 29.9 Å². The summed E-state index contributed by atoms with van der Waals surface area (Å²) in [5.41, 5.74) is 3.46. The van der Waals surface area contributed by atoms with Crippen LogP contribution in [-0.2, 0) is 30.3 Å². The maximum atomic E-state index is 14.0. The lowest BCUT2D eigenvalue weighted by Crippen LogP contribution is -2.71. The highest BCUT2D eigenvalue weighted by molar-refractivity contribution is 6.25. The predicted octanol–water partition coefficient (Wildman–Crippen LogP) is 3.05. The molecule has 13 nitrogen and oxygen atoms in total. The third kappa shape index (κ3) is 6.33. The molecule has 3 heterocycles. The molecule has 1 aliphatic carbocycles. The molecule has 13 heteroatoms. The van der Waals surface area contributed by atoms with E-state index in [4.69, 9.17) is 18.9 Å². The topological polar surface area (TPSA) is 160 Å². The molecule has 264 valence electrons. The van der Waals surface area contributed by atoms with E-state index in [1.54, 1.807) is 41.7 Å². The molecule has 0 radical (unpaired) electrons. The van der Waals surface area contributed by atoms with Crippen LogP contribution in [0.3, 0.4) is 0 Å². The second kappa shape index (κ2) is 13.6. The van der Waals surface area contributed by atoms with E-state index in [0.717, 1.165) is 16.7 Å². The summed E-state index contributed by atoms with van der Waals surface area (Å²) >= 11 is 0. The van der Waals surface area contributed by atoms with Gasteiger partial charge in [-0.25, -0.2) is 4.79 Å². The number of carbonyl (C=O) groups excluding carboxylic acids is 4. The minimum Gasteiger partial charge on any atom is -0.493 e. The number of benzene rings is 1. The van der Waals surface area contributed by atoms with Crippen molar-refractivity contribution >= 4 is 23.6 Å². The van der Waals surface area contributed by atoms with Gasteiger partial charge in [-0.1, -0.05) is 6.07 Å². The lowest BCUT2D eigenvalue weighted by Gasteiger charge is -2.60. The van der Waals surface area contributed by atoms with Gasteiger partial charge in [0, 0.05) is 53.6 Å². The minimum absolute atomic E-state index is 0.0168. The number of Topliss-reactive ketones (excluding diaryl/α,β-unsaturated/α-hetero) is 2. The molecular weight excluding hydrogens is 630 g/mol. The molecule has 6 atom stereocenters. The fourth-order valence-electron chi connectivity index (χ4n) is 7.85. The van der Waals surface area contributed by atoms with E-state index in [1.807, 2.05) is 18.9 Å². The summed E-state index contributed by atoms with van der Waals surface area (Å²) in [6.07, 6.45) is -0.00959. The first-order valence-electron chi connectivity index (χ1n) is 16.5. The van der Waals surface area contributed by atoms with Crippen LogP contribution in [0.5, 0.6) is 11.5 Å². The number of rotatable bonds is 8. The monoisotopic (exact) mass is 677 g/mol. The summed E-state index contributed by atoms with van der Waals surface area (Å²) in [6, 6.07) is 1.05. The molecule has 1 saturated heterocycles. The Kier molecular flexibility index (Phi) is 9.98. The van der Waals surface area contributed by atoms with Crippen molar-refractivity contribution in [1.82, 2.24) is 20.4 Å². The maximum Gasteiger partial charge on any atom is 0.408 e. The van der Waals surface area contributed by atoms with Crippen LogP contribution in [0.2, 0.25) is 0 Å². The maximum absolute atomic E-state index is 14.0. The number of piperazine rings is 1. The molecule has 0 saturated carbocycles. The number of hydrogen-bond acceptors (Lipinski definition) is 11. The number of nitrogens with zero attached hydrogens (tertiary/aromatic N) is 3. The molecule has 2 N–H and O–H groups in total. The highest BCUT2D eigenvalue weighted by atomic mass is 16.7. The van der Waals surface area contributed by atoms with Gasteiger partial charge in [-0.3, -0.25) is 24.2 Å². The lowest BCUT2D eigenvalue weighted by molar-refractivity contribution is -0.124. The van der Waals surface area contributed by atoms with E-state index in [1.165, 1.54) is 14.0 Å². The second-order valence-electron chi connectivity index (χ2n) is 14.3. The van der Waals surface area contributed by atoms with Crippen LogP contribution in [0.15, 0.2) is 28.4 Å². The van der Waals surface area contributed by atoms with Crippen molar-refractivity contribution in [3.05, 3.63) is 45.0 Å². The van der Waals surface area contributed by atoms with E-state index in [0.29, 0.717) is 40.2 Å². The van der Waals surface area contributed by atoms with Crippen molar-refractivity contribution in [3.63, 3.8) is 0 Å². The molecule has 2 amide bonds. The number of likely N-dealkylation sites (N-methyl/N-ethyl adjacent to an activating group) is 1. The second-order valence-corrected chi connectivity index (χ2v) is 14.3. The zero-order chi connectivity index (χ0) is 36.1. The van der Waals surface area contributed by atoms with E-state index in [9.17, 15) is 24.4 Å². The number of methoxy groups -OCH3 is 2. The van der Waals surface area contributed by atoms with Crippen molar-refractivity contribution in [3.8, 4) is 17.6 Å². The van der Waals surface area contributed by atoms with E-state index in [-0.39, 0.29) is 43.4 Å². The van der Waals surface area contributed by atoms with Crippen molar-refractivity contribution in [1.29, 1.82) is 5.26 Å². The van der Waals surface area contributed by atoms with Crippen molar-refractivity contribution in [2.75, 3.05) is 34.6 Å². The fourth-order valence-corrected chi connectivity index (χ4v) is 7.85. The van der Waals surface area contributed by atoms with Crippen LogP contribution in [0.25, 0.3) is 0 Å². The average Bonchev–Trinajstić information content (AvgIpc) is 3.03. The van der Waals surface area contributed by atoms with Gasteiger partial charge in [0.05, 0.1) is 25.3 Å². The largest absolute Gasteiger partial charge is 0.493 e. The molecule has 1 aromatic carbocycles. The van der Waals surface area contributed by atoms with Crippen molar-refractivity contribution in [2.45, 2.75) is 103 Å². The quantitative estimate of drug-likeness (QED) is 0.308. The first-order chi connectivity index (χ1) is 23.1. The number of amides is 2. The lowest BCUT2D eigenvalue weighted by atomic mass is 9.69. The fraction of sp³-hybridized carbons (Fsp3) is 0.583. The van der Waals surface area contributed by atoms with Crippen molar-refractivity contribution in [2.24, 2.45) is 0 Å². The Morgan fingerprint density at radius 2 is 1.73 bits per heavy atom. The Morgan fingerprint density at radius 3 is 2.35 bits per heavy atom. The van der Waals surface area contributed by atoms with Gasteiger partial charge < -0.3 is 29.6 Å². The number of fused-ring (bicyclic) bond motifs is 6. The summed E-state index contributed by atoms with van der Waals surface area (Å²) in [4.78, 5) is 58.0. The number of nitriles is 1.